The summed E-state index contributed by atoms with van der Waals surface area (Å²) in [6.45, 7) is 0. The molecule has 14 aromatic rings. The Balaban J connectivity index is 0.994. The van der Waals surface area contributed by atoms with Crippen LogP contribution in [0.3, 0.4) is 0 Å². The lowest BCUT2D eigenvalue weighted by Gasteiger charge is -2.27. The Bertz CT molecular complexity index is 4150. The van der Waals surface area contributed by atoms with E-state index in [-0.39, 0.29) is 0 Å². The van der Waals surface area contributed by atoms with Crippen molar-refractivity contribution in [3.8, 4) is 27.9 Å². The van der Waals surface area contributed by atoms with Crippen molar-refractivity contribution in [2.45, 2.75) is 0 Å². The van der Waals surface area contributed by atoms with Crippen molar-refractivity contribution in [2.75, 3.05) is 4.90 Å². The Labute approximate surface area is 377 Å². The fraction of sp³-hybridized carbons (Fsp3) is 0. The molecule has 304 valence electrons. The highest BCUT2D eigenvalue weighted by Gasteiger charge is 2.25. The second-order valence-corrected chi connectivity index (χ2v) is 17.8. The van der Waals surface area contributed by atoms with Crippen LogP contribution in [0.2, 0.25) is 0 Å². The largest absolute Gasteiger partial charge is 0.455 e. The average Bonchev–Trinajstić information content (AvgIpc) is 4.14. The predicted octanol–water partition coefficient (Wildman–Crippen LogP) is 17.8. The van der Waals surface area contributed by atoms with Gasteiger partial charge in [-0.1, -0.05) is 140 Å². The SMILES string of the molecule is c1cc(-c2ccc(N(c3ccc(-c4cccc5sc6ccccc6c45)cc3)c3cccc4c3oc3ccccc34)c3c2oc2ccccc23)cc(-n2c3ccccc3c3ccccc32)c1. The van der Waals surface area contributed by atoms with Gasteiger partial charge >= 0.3 is 0 Å². The molecule has 0 fully saturated rings. The smallest absolute Gasteiger partial charge is 0.159 e. The number of thiophene rings is 1. The Kier molecular flexibility index (Phi) is 7.82. The summed E-state index contributed by atoms with van der Waals surface area (Å²) in [6, 6.07) is 78.3. The minimum absolute atomic E-state index is 0.830. The molecule has 0 saturated carbocycles. The van der Waals surface area contributed by atoms with Gasteiger partial charge in [-0.05, 0) is 95.6 Å². The number of para-hydroxylation sites is 5. The van der Waals surface area contributed by atoms with E-state index in [9.17, 15) is 0 Å². The minimum Gasteiger partial charge on any atom is -0.455 e. The Morgan fingerprint density at radius 3 is 1.78 bits per heavy atom. The summed E-state index contributed by atoms with van der Waals surface area (Å²) in [6.07, 6.45) is 0. The summed E-state index contributed by atoms with van der Waals surface area (Å²) in [4.78, 5) is 2.36. The summed E-state index contributed by atoms with van der Waals surface area (Å²) < 4.78 is 18.8. The molecule has 0 aliphatic rings. The van der Waals surface area contributed by atoms with Crippen molar-refractivity contribution in [3.63, 3.8) is 0 Å². The molecule has 0 unspecified atom stereocenters. The molecule has 5 heteroatoms. The maximum absolute atomic E-state index is 7.00. The highest BCUT2D eigenvalue weighted by molar-refractivity contribution is 7.25. The number of rotatable bonds is 6. The van der Waals surface area contributed by atoms with Crippen LogP contribution in [0.5, 0.6) is 0 Å². The zero-order chi connectivity index (χ0) is 42.6. The monoisotopic (exact) mass is 848 g/mol. The maximum atomic E-state index is 7.00. The quantitative estimate of drug-likeness (QED) is 0.167. The number of benzene rings is 10. The van der Waals surface area contributed by atoms with Gasteiger partial charge in [0, 0.05) is 64.0 Å². The third kappa shape index (κ3) is 5.43. The lowest BCUT2D eigenvalue weighted by Crippen LogP contribution is -2.11. The number of hydrogen-bond acceptors (Lipinski definition) is 4. The van der Waals surface area contributed by atoms with Gasteiger partial charge in [0.05, 0.1) is 27.8 Å². The Morgan fingerprint density at radius 1 is 0.369 bits per heavy atom. The number of anilines is 3. The van der Waals surface area contributed by atoms with Crippen LogP contribution < -0.4 is 4.90 Å². The van der Waals surface area contributed by atoms with Crippen LogP contribution in [0.4, 0.5) is 17.1 Å². The van der Waals surface area contributed by atoms with Crippen LogP contribution >= 0.6 is 11.3 Å². The first-order valence-corrected chi connectivity index (χ1v) is 22.8. The van der Waals surface area contributed by atoms with Crippen molar-refractivity contribution in [1.82, 2.24) is 4.57 Å². The molecule has 4 nitrogen and oxygen atoms in total. The number of hydrogen-bond donors (Lipinski definition) is 0. The molecule has 14 rings (SSSR count). The second-order valence-electron chi connectivity index (χ2n) is 16.8. The van der Waals surface area contributed by atoms with Gasteiger partial charge in [-0.25, -0.2) is 0 Å². The molecule has 0 bridgehead atoms. The van der Waals surface area contributed by atoms with E-state index < -0.39 is 0 Å². The van der Waals surface area contributed by atoms with Crippen LogP contribution in [-0.4, -0.2) is 4.57 Å². The van der Waals surface area contributed by atoms with E-state index >= 15 is 0 Å². The minimum atomic E-state index is 0.830. The first kappa shape index (κ1) is 36.1. The van der Waals surface area contributed by atoms with E-state index in [4.69, 9.17) is 8.83 Å². The molecule has 0 amide bonds. The second kappa shape index (κ2) is 14.1. The van der Waals surface area contributed by atoms with E-state index in [1.807, 2.05) is 17.4 Å². The first-order valence-electron chi connectivity index (χ1n) is 22.0. The number of fused-ring (bicyclic) bond motifs is 12. The number of furan rings is 2. The molecule has 0 aliphatic heterocycles. The normalized spacial score (nSPS) is 12.0. The average molecular weight is 849 g/mol. The highest BCUT2D eigenvalue weighted by Crippen LogP contribution is 2.49. The molecule has 0 saturated heterocycles. The van der Waals surface area contributed by atoms with Crippen molar-refractivity contribution in [1.29, 1.82) is 0 Å². The van der Waals surface area contributed by atoms with Gasteiger partial charge in [0.1, 0.15) is 16.7 Å². The molecular weight excluding hydrogens is 813 g/mol. The molecule has 0 radical (unpaired) electrons. The first-order chi connectivity index (χ1) is 32.2. The van der Waals surface area contributed by atoms with Gasteiger partial charge in [-0.3, -0.25) is 0 Å². The number of aromatic nitrogens is 1. The van der Waals surface area contributed by atoms with Crippen molar-refractivity contribution in [2.24, 2.45) is 0 Å². The van der Waals surface area contributed by atoms with Crippen molar-refractivity contribution < 1.29 is 8.83 Å². The molecular formula is C60H36N2O2S. The van der Waals surface area contributed by atoms with E-state index in [0.717, 1.165) is 77.8 Å². The van der Waals surface area contributed by atoms with E-state index in [0.29, 0.717) is 0 Å². The summed E-state index contributed by atoms with van der Waals surface area (Å²) in [5.41, 5.74) is 14.3. The van der Waals surface area contributed by atoms with Gasteiger partial charge < -0.3 is 18.3 Å². The lowest BCUT2D eigenvalue weighted by molar-refractivity contribution is 0.668. The van der Waals surface area contributed by atoms with Gasteiger partial charge in [-0.2, -0.15) is 0 Å². The number of nitrogens with zero attached hydrogens (tertiary/aromatic N) is 2. The predicted molar refractivity (Wildman–Crippen MR) is 274 cm³/mol. The standard InChI is InChI=1S/C60H36N2O2S/c1-6-23-49-43(16-1)44-17-2-7-24-50(44)62(49)40-15-11-14-38(36-40)42-34-35-51(58-47-19-4-9-27-54(47)64-60(42)58)61(52-25-12-22-46-45-18-3-8-26-53(45)63-59(46)52)39-32-30-37(31-33-39)41-21-13-29-56-57(41)48-20-5-10-28-55(48)65-56/h1-36H. The summed E-state index contributed by atoms with van der Waals surface area (Å²) in [5, 5.41) is 9.31. The summed E-state index contributed by atoms with van der Waals surface area (Å²) in [5.74, 6) is 0. The van der Waals surface area contributed by atoms with Gasteiger partial charge in [-0.15, -0.1) is 11.3 Å². The van der Waals surface area contributed by atoms with Gasteiger partial charge in [0.25, 0.3) is 0 Å². The molecule has 4 heterocycles. The Morgan fingerprint density at radius 2 is 0.985 bits per heavy atom. The maximum Gasteiger partial charge on any atom is 0.159 e. The molecule has 4 aromatic heterocycles. The van der Waals surface area contributed by atoms with E-state index in [1.165, 1.54) is 53.1 Å². The molecule has 0 atom stereocenters. The van der Waals surface area contributed by atoms with Crippen LogP contribution in [-0.2, 0) is 0 Å². The van der Waals surface area contributed by atoms with Gasteiger partial charge in [0.15, 0.2) is 5.58 Å². The molecule has 0 N–H and O–H groups in total. The molecule has 10 aromatic carbocycles. The molecule has 0 aliphatic carbocycles. The zero-order valence-electron chi connectivity index (χ0n) is 34.9. The van der Waals surface area contributed by atoms with Gasteiger partial charge in [0.2, 0.25) is 0 Å². The molecule has 65 heavy (non-hydrogen) atoms. The topological polar surface area (TPSA) is 34.5 Å². The third-order valence-corrected chi connectivity index (χ3v) is 14.3. The fourth-order valence-electron chi connectivity index (χ4n) is 10.4. The third-order valence-electron chi connectivity index (χ3n) is 13.2. The van der Waals surface area contributed by atoms with E-state index in [1.54, 1.807) is 0 Å². The zero-order valence-corrected chi connectivity index (χ0v) is 35.7. The van der Waals surface area contributed by atoms with Crippen molar-refractivity contribution >= 4 is 114 Å². The lowest BCUT2D eigenvalue weighted by atomic mass is 9.98. The van der Waals surface area contributed by atoms with Crippen LogP contribution in [0.15, 0.2) is 227 Å². The summed E-state index contributed by atoms with van der Waals surface area (Å²) >= 11 is 1.85. The van der Waals surface area contributed by atoms with Crippen molar-refractivity contribution in [3.05, 3.63) is 218 Å². The highest BCUT2D eigenvalue weighted by atomic mass is 32.1. The van der Waals surface area contributed by atoms with Crippen LogP contribution in [0.1, 0.15) is 0 Å². The molecule has 0 spiro atoms. The van der Waals surface area contributed by atoms with Crippen LogP contribution in [0, 0.1) is 0 Å². The van der Waals surface area contributed by atoms with Crippen LogP contribution in [0.25, 0.3) is 114 Å². The summed E-state index contributed by atoms with van der Waals surface area (Å²) in [7, 11) is 0. The van der Waals surface area contributed by atoms with E-state index in [2.05, 4.69) is 222 Å². The Hall–Kier alpha value is -8.38. The fourth-order valence-corrected chi connectivity index (χ4v) is 11.5.